The van der Waals surface area contributed by atoms with Crippen LogP contribution in [0.4, 0.5) is 13.2 Å². The maximum Gasteiger partial charge on any atom is 0.403 e. The van der Waals surface area contributed by atoms with E-state index in [0.29, 0.717) is 55.7 Å². The normalized spacial score (nSPS) is 18.1. The van der Waals surface area contributed by atoms with Gasteiger partial charge in [-0.25, -0.2) is 0 Å². The first kappa shape index (κ1) is 24.1. The van der Waals surface area contributed by atoms with Crippen LogP contribution in [-0.4, -0.2) is 86.6 Å². The molecule has 1 saturated heterocycles. The Hall–Kier alpha value is -2.20. The molecule has 30 heavy (non-hydrogen) atoms. The van der Waals surface area contributed by atoms with Crippen molar-refractivity contribution in [3.8, 4) is 11.5 Å². The molecule has 2 unspecified atom stereocenters. The number of aliphatic hydroxyl groups is 1. The lowest BCUT2D eigenvalue weighted by Gasteiger charge is -2.39. The molecule has 2 atom stereocenters. The number of piperazine rings is 1. The van der Waals surface area contributed by atoms with Gasteiger partial charge in [-0.05, 0) is 31.5 Å². The van der Waals surface area contributed by atoms with Gasteiger partial charge in [0.15, 0.2) is 5.96 Å². The number of nitrogens with one attached hydrogen (secondary N) is 1. The highest BCUT2D eigenvalue weighted by atomic mass is 19.4. The van der Waals surface area contributed by atoms with E-state index < -0.39 is 18.3 Å². The van der Waals surface area contributed by atoms with E-state index in [1.54, 1.807) is 18.2 Å². The van der Waals surface area contributed by atoms with Crippen LogP contribution in [0.2, 0.25) is 0 Å². The summed E-state index contributed by atoms with van der Waals surface area (Å²) < 4.78 is 49.3. The monoisotopic (exact) mass is 432 g/mol. The Morgan fingerprint density at radius 2 is 1.70 bits per heavy atom. The largest absolute Gasteiger partial charge is 0.497 e. The van der Waals surface area contributed by atoms with Crippen molar-refractivity contribution < 1.29 is 27.8 Å². The van der Waals surface area contributed by atoms with Crippen molar-refractivity contribution >= 4 is 5.96 Å². The van der Waals surface area contributed by atoms with Crippen LogP contribution in [0.25, 0.3) is 0 Å². The molecule has 170 valence electrons. The number of halogens is 3. The van der Waals surface area contributed by atoms with Crippen molar-refractivity contribution in [2.75, 3.05) is 53.5 Å². The molecule has 1 aliphatic heterocycles. The quantitative estimate of drug-likeness (QED) is 0.509. The smallest absolute Gasteiger partial charge is 0.403 e. The average Bonchev–Trinajstić information content (AvgIpc) is 2.74. The molecule has 1 fully saturated rings. The first-order chi connectivity index (χ1) is 14.2. The minimum atomic E-state index is -4.23. The first-order valence-electron chi connectivity index (χ1n) is 9.94. The molecule has 0 bridgehead atoms. The van der Waals surface area contributed by atoms with Crippen LogP contribution in [-0.2, 0) is 0 Å². The van der Waals surface area contributed by atoms with Crippen molar-refractivity contribution in [3.05, 3.63) is 23.8 Å². The highest BCUT2D eigenvalue weighted by Crippen LogP contribution is 2.27. The summed E-state index contributed by atoms with van der Waals surface area (Å²) in [7, 11) is 3.07. The van der Waals surface area contributed by atoms with Gasteiger partial charge in [0.05, 0.1) is 26.9 Å². The summed E-state index contributed by atoms with van der Waals surface area (Å²) in [5.41, 5.74) is 0.606. The molecule has 0 radical (unpaired) electrons. The summed E-state index contributed by atoms with van der Waals surface area (Å²) in [4.78, 5) is 7.85. The van der Waals surface area contributed by atoms with Crippen LogP contribution in [0.15, 0.2) is 23.2 Å². The number of ether oxygens (including phenoxy) is 2. The number of hydrogen-bond acceptors (Lipinski definition) is 5. The molecule has 2 N–H and O–H groups in total. The van der Waals surface area contributed by atoms with E-state index in [1.165, 1.54) is 26.0 Å². The number of alkyl halides is 3. The molecule has 1 aliphatic rings. The molecule has 1 aromatic carbocycles. The predicted molar refractivity (Wildman–Crippen MR) is 109 cm³/mol. The molecule has 10 heteroatoms. The Balaban J connectivity index is 2.04. The number of nitrogens with zero attached hydrogens (tertiary/aromatic N) is 3. The molecule has 0 amide bonds. The number of hydrogen-bond donors (Lipinski definition) is 2. The Morgan fingerprint density at radius 3 is 2.17 bits per heavy atom. The lowest BCUT2D eigenvalue weighted by molar-refractivity contribution is -0.181. The third kappa shape index (κ3) is 6.40. The minimum absolute atomic E-state index is 0.0951. The number of benzene rings is 1. The summed E-state index contributed by atoms with van der Waals surface area (Å²) in [5.74, 6) is 1.70. The number of guanidine groups is 1. The van der Waals surface area contributed by atoms with Crippen LogP contribution >= 0.6 is 0 Å². The zero-order valence-corrected chi connectivity index (χ0v) is 17.9. The highest BCUT2D eigenvalue weighted by molar-refractivity contribution is 5.80. The molecule has 0 aliphatic carbocycles. The SMILES string of the molecule is CCNC(=NCC(O)c1cc(OC)cc(OC)c1)N1CCN(C(C)C(F)(F)F)CC1. The standard InChI is InChI=1S/C20H31F3N4O3/c1-5-24-19(27-8-6-26(7-9-27)14(2)20(21,22)23)25-13-18(28)15-10-16(29-3)12-17(11-15)30-4/h10-12,14,18,28H,5-9,13H2,1-4H3,(H,24,25). The Bertz CT molecular complexity index is 685. The minimum Gasteiger partial charge on any atom is -0.497 e. The van der Waals surface area contributed by atoms with Gasteiger partial charge in [-0.15, -0.1) is 0 Å². The second-order valence-electron chi connectivity index (χ2n) is 7.10. The second-order valence-corrected chi connectivity index (χ2v) is 7.10. The molecule has 1 heterocycles. The Kier molecular flexibility index (Phi) is 8.60. The van der Waals surface area contributed by atoms with Crippen molar-refractivity contribution in [2.45, 2.75) is 32.2 Å². The van der Waals surface area contributed by atoms with Crippen molar-refractivity contribution in [2.24, 2.45) is 4.99 Å². The predicted octanol–water partition coefficient (Wildman–Crippen LogP) is 2.27. The molecule has 0 saturated carbocycles. The maximum atomic E-state index is 13.0. The maximum absolute atomic E-state index is 13.0. The van der Waals surface area contributed by atoms with E-state index in [2.05, 4.69) is 10.3 Å². The first-order valence-corrected chi connectivity index (χ1v) is 9.94. The fraction of sp³-hybridized carbons (Fsp3) is 0.650. The van der Waals surface area contributed by atoms with Crippen molar-refractivity contribution in [3.63, 3.8) is 0 Å². The summed E-state index contributed by atoms with van der Waals surface area (Å²) in [6, 6.07) is 3.68. The number of aliphatic hydroxyl groups excluding tert-OH is 1. The summed E-state index contributed by atoms with van der Waals surface area (Å²) in [6.07, 6.45) is -5.11. The van der Waals surface area contributed by atoms with Crippen molar-refractivity contribution in [1.29, 1.82) is 0 Å². The van der Waals surface area contributed by atoms with Gasteiger partial charge in [-0.2, -0.15) is 13.2 Å². The zero-order valence-electron chi connectivity index (χ0n) is 17.9. The van der Waals surface area contributed by atoms with Gasteiger partial charge in [0.2, 0.25) is 0 Å². The van der Waals surface area contributed by atoms with Gasteiger partial charge >= 0.3 is 6.18 Å². The number of rotatable bonds is 7. The van der Waals surface area contributed by atoms with E-state index >= 15 is 0 Å². The van der Waals surface area contributed by atoms with E-state index in [1.807, 2.05) is 11.8 Å². The van der Waals surface area contributed by atoms with Gasteiger partial charge in [0.25, 0.3) is 0 Å². The fourth-order valence-electron chi connectivity index (χ4n) is 3.25. The van der Waals surface area contributed by atoms with Gasteiger partial charge in [-0.1, -0.05) is 0 Å². The van der Waals surface area contributed by atoms with Crippen LogP contribution in [0.1, 0.15) is 25.5 Å². The molecular weight excluding hydrogens is 401 g/mol. The van der Waals surface area contributed by atoms with Crippen LogP contribution < -0.4 is 14.8 Å². The lowest BCUT2D eigenvalue weighted by atomic mass is 10.1. The third-order valence-corrected chi connectivity index (χ3v) is 5.14. The third-order valence-electron chi connectivity index (χ3n) is 5.14. The molecule has 0 aromatic heterocycles. The summed E-state index contributed by atoms with van der Waals surface area (Å²) >= 11 is 0. The van der Waals surface area contributed by atoms with E-state index in [0.717, 1.165) is 0 Å². The van der Waals surface area contributed by atoms with Crippen LogP contribution in [0.3, 0.4) is 0 Å². The molecule has 1 aromatic rings. The van der Waals surface area contributed by atoms with E-state index in [4.69, 9.17) is 9.47 Å². The Labute approximate surface area is 175 Å². The molecular formula is C20H31F3N4O3. The Morgan fingerprint density at radius 1 is 1.13 bits per heavy atom. The van der Waals surface area contributed by atoms with Gasteiger partial charge < -0.3 is 24.8 Å². The van der Waals surface area contributed by atoms with Gasteiger partial charge in [-0.3, -0.25) is 9.89 Å². The fourth-order valence-corrected chi connectivity index (χ4v) is 3.25. The highest BCUT2D eigenvalue weighted by Gasteiger charge is 2.41. The van der Waals surface area contributed by atoms with E-state index in [-0.39, 0.29) is 6.54 Å². The summed E-state index contributed by atoms with van der Waals surface area (Å²) in [6.45, 7) is 5.25. The van der Waals surface area contributed by atoms with Gasteiger partial charge in [0.1, 0.15) is 17.5 Å². The molecule has 0 spiro atoms. The van der Waals surface area contributed by atoms with Crippen LogP contribution in [0.5, 0.6) is 11.5 Å². The van der Waals surface area contributed by atoms with E-state index in [9.17, 15) is 18.3 Å². The summed E-state index contributed by atoms with van der Waals surface area (Å²) in [5, 5.41) is 13.7. The number of aliphatic imine (C=N–C) groups is 1. The van der Waals surface area contributed by atoms with Crippen molar-refractivity contribution in [1.82, 2.24) is 15.1 Å². The second kappa shape index (κ2) is 10.7. The van der Waals surface area contributed by atoms with Crippen LogP contribution in [0, 0.1) is 0 Å². The lowest BCUT2D eigenvalue weighted by Crippen LogP contribution is -2.56. The number of methoxy groups -OCH3 is 2. The molecule has 7 nitrogen and oxygen atoms in total. The average molecular weight is 432 g/mol. The molecule has 2 rings (SSSR count). The topological polar surface area (TPSA) is 69.6 Å². The zero-order chi connectivity index (χ0) is 22.3. The van der Waals surface area contributed by atoms with Gasteiger partial charge in [0, 0.05) is 38.8 Å².